The van der Waals surface area contributed by atoms with Crippen LogP contribution in [0, 0.1) is 5.92 Å². The Morgan fingerprint density at radius 1 is 1.15 bits per heavy atom. The number of carbonyl (C=O) groups is 2. The van der Waals surface area contributed by atoms with E-state index in [1.807, 2.05) is 0 Å². The number of nitrogens with zero attached hydrogens (tertiary/aromatic N) is 2. The highest BCUT2D eigenvalue weighted by atomic mass is 79.9. The molecule has 1 N–H and O–H groups in total. The van der Waals surface area contributed by atoms with Crippen LogP contribution in [-0.4, -0.2) is 30.3 Å². The molecule has 0 spiro atoms. The number of aliphatic imine (C=N–C) groups is 1. The molecule has 8 heteroatoms. The second-order valence-electron chi connectivity index (χ2n) is 5.40. The Kier molecular flexibility index (Phi) is 5.43. The van der Waals surface area contributed by atoms with Crippen LogP contribution in [0.5, 0.6) is 5.75 Å². The van der Waals surface area contributed by atoms with Gasteiger partial charge in [-0.2, -0.15) is 0 Å². The fraction of sp³-hybridized carbons (Fsp3) is 0.111. The van der Waals surface area contributed by atoms with Gasteiger partial charge in [0.2, 0.25) is 5.91 Å². The topological polar surface area (TPSA) is 71.0 Å². The number of rotatable bonds is 4. The van der Waals surface area contributed by atoms with Gasteiger partial charge in [-0.3, -0.25) is 19.5 Å². The number of hydrogen-bond donors (Lipinski definition) is 1. The normalized spacial score (nSPS) is 17.5. The Hall–Kier alpha value is -2.58. The lowest BCUT2D eigenvalue weighted by molar-refractivity contribution is -0.130. The van der Waals surface area contributed by atoms with E-state index in [0.29, 0.717) is 17.1 Å². The molecule has 1 fully saturated rings. The Labute approximate surface area is 164 Å². The number of methoxy groups -OCH3 is 1. The van der Waals surface area contributed by atoms with Crippen molar-refractivity contribution in [2.75, 3.05) is 12.0 Å². The zero-order valence-corrected chi connectivity index (χ0v) is 16.1. The van der Waals surface area contributed by atoms with E-state index in [1.54, 1.807) is 55.6 Å². The number of carbonyl (C=O) groups excluding carboxylic acids is 2. The minimum atomic E-state index is -1.06. The summed E-state index contributed by atoms with van der Waals surface area (Å²) in [6.45, 7) is 0. The molecule has 2 aromatic carbocycles. The highest BCUT2D eigenvalue weighted by Crippen LogP contribution is 2.23. The van der Waals surface area contributed by atoms with Gasteiger partial charge < -0.3 is 10.1 Å². The molecule has 1 heterocycles. The summed E-state index contributed by atoms with van der Waals surface area (Å²) in [7, 11) is 1.57. The van der Waals surface area contributed by atoms with Crippen LogP contribution in [0.2, 0.25) is 0 Å². The average Bonchev–Trinajstić information content (AvgIpc) is 2.63. The molecule has 2 aromatic rings. The van der Waals surface area contributed by atoms with Crippen molar-refractivity contribution >= 4 is 62.7 Å². The molecule has 132 valence electrons. The van der Waals surface area contributed by atoms with Gasteiger partial charge in [0.15, 0.2) is 11.0 Å². The zero-order valence-electron chi connectivity index (χ0n) is 13.7. The smallest absolute Gasteiger partial charge is 0.251 e. The summed E-state index contributed by atoms with van der Waals surface area (Å²) in [5, 5.41) is 2.60. The monoisotopic (exact) mass is 431 g/mol. The van der Waals surface area contributed by atoms with Crippen molar-refractivity contribution in [2.24, 2.45) is 10.9 Å². The molecule has 26 heavy (non-hydrogen) atoms. The Bertz CT molecular complexity index is 882. The summed E-state index contributed by atoms with van der Waals surface area (Å²) in [5.41, 5.74) is 1.18. The van der Waals surface area contributed by atoms with Gasteiger partial charge in [0.05, 0.1) is 18.5 Å². The van der Waals surface area contributed by atoms with Crippen molar-refractivity contribution in [1.29, 1.82) is 0 Å². The largest absolute Gasteiger partial charge is 0.497 e. The van der Waals surface area contributed by atoms with E-state index in [9.17, 15) is 9.59 Å². The Balaban J connectivity index is 1.84. The molecule has 1 aliphatic rings. The van der Waals surface area contributed by atoms with Crippen molar-refractivity contribution in [2.45, 2.75) is 0 Å². The summed E-state index contributed by atoms with van der Waals surface area (Å²) in [6.07, 6.45) is 1.33. The maximum absolute atomic E-state index is 12.8. The van der Waals surface area contributed by atoms with Crippen LogP contribution in [0.1, 0.15) is 0 Å². The van der Waals surface area contributed by atoms with Crippen LogP contribution >= 0.6 is 28.1 Å². The molecule has 0 saturated carbocycles. The van der Waals surface area contributed by atoms with Gasteiger partial charge in [-0.05, 0) is 60.7 Å². The number of hydrogen-bond acceptors (Lipinski definition) is 5. The number of anilines is 1. The van der Waals surface area contributed by atoms with E-state index in [2.05, 4.69) is 26.2 Å². The van der Waals surface area contributed by atoms with Crippen molar-refractivity contribution in [3.05, 3.63) is 53.0 Å². The Morgan fingerprint density at radius 3 is 2.42 bits per heavy atom. The number of thiocarbonyl (C=S) groups is 1. The minimum absolute atomic E-state index is 0.0522. The lowest BCUT2D eigenvalue weighted by Crippen LogP contribution is -2.58. The number of amides is 2. The summed E-state index contributed by atoms with van der Waals surface area (Å²) >= 11 is 8.50. The third kappa shape index (κ3) is 3.81. The van der Waals surface area contributed by atoms with Crippen LogP contribution in [-0.2, 0) is 9.59 Å². The van der Waals surface area contributed by atoms with Crippen LogP contribution in [0.4, 0.5) is 11.4 Å². The molecule has 0 aliphatic carbocycles. The van der Waals surface area contributed by atoms with Gasteiger partial charge in [-0.15, -0.1) is 0 Å². The zero-order chi connectivity index (χ0) is 18.7. The van der Waals surface area contributed by atoms with Crippen molar-refractivity contribution in [3.8, 4) is 5.75 Å². The van der Waals surface area contributed by atoms with Gasteiger partial charge in [-0.1, -0.05) is 15.9 Å². The van der Waals surface area contributed by atoms with E-state index in [1.165, 1.54) is 11.1 Å². The van der Waals surface area contributed by atoms with Gasteiger partial charge >= 0.3 is 0 Å². The number of ether oxygens (including phenoxy) is 1. The molecule has 2 amide bonds. The van der Waals surface area contributed by atoms with Crippen molar-refractivity contribution in [3.63, 3.8) is 0 Å². The van der Waals surface area contributed by atoms with Gasteiger partial charge in [0.25, 0.3) is 5.91 Å². The minimum Gasteiger partial charge on any atom is -0.497 e. The molecule has 0 unspecified atom stereocenters. The number of halogens is 1. The van der Waals surface area contributed by atoms with Crippen molar-refractivity contribution in [1.82, 2.24) is 5.32 Å². The lowest BCUT2D eigenvalue weighted by atomic mass is 10.1. The SMILES string of the molecule is COc1ccc(N=C[C@H]2C(=O)NC(=S)N(c3ccc(Br)cc3)C2=O)cc1. The first-order chi connectivity index (χ1) is 12.5. The molecule has 6 nitrogen and oxygen atoms in total. The highest BCUT2D eigenvalue weighted by Gasteiger charge is 2.38. The maximum atomic E-state index is 12.8. The summed E-state index contributed by atoms with van der Waals surface area (Å²) in [5.74, 6) is -1.31. The van der Waals surface area contributed by atoms with Gasteiger partial charge in [0, 0.05) is 10.7 Å². The number of benzene rings is 2. The second-order valence-corrected chi connectivity index (χ2v) is 6.70. The molecule has 3 rings (SSSR count). The predicted molar refractivity (Wildman–Crippen MR) is 107 cm³/mol. The third-order valence-corrected chi connectivity index (χ3v) is 4.55. The van der Waals surface area contributed by atoms with Crippen LogP contribution in [0.15, 0.2) is 58.0 Å². The molecular weight excluding hydrogens is 418 g/mol. The van der Waals surface area contributed by atoms with E-state index in [-0.39, 0.29) is 5.11 Å². The molecule has 0 bridgehead atoms. The van der Waals surface area contributed by atoms with E-state index in [0.717, 1.165) is 4.47 Å². The molecule has 0 aromatic heterocycles. The van der Waals surface area contributed by atoms with Gasteiger partial charge in [-0.25, -0.2) is 0 Å². The van der Waals surface area contributed by atoms with Crippen LogP contribution in [0.3, 0.4) is 0 Å². The van der Waals surface area contributed by atoms with Crippen molar-refractivity contribution < 1.29 is 14.3 Å². The molecular formula is C18H14BrN3O3S. The standard InChI is InChI=1S/C18H14BrN3O3S/c1-25-14-8-4-12(5-9-14)20-10-15-16(23)21-18(26)22(17(15)24)13-6-2-11(19)3-7-13/h2-10,15H,1H3,(H,21,23,26)/t15-/m0/s1. The first-order valence-corrected chi connectivity index (χ1v) is 8.82. The molecule has 1 atom stereocenters. The van der Waals surface area contributed by atoms with E-state index in [4.69, 9.17) is 17.0 Å². The Morgan fingerprint density at radius 2 is 1.81 bits per heavy atom. The second kappa shape index (κ2) is 7.76. The first-order valence-electron chi connectivity index (χ1n) is 7.62. The molecule has 0 radical (unpaired) electrons. The van der Waals surface area contributed by atoms with Crippen LogP contribution in [0.25, 0.3) is 0 Å². The third-order valence-electron chi connectivity index (χ3n) is 3.73. The predicted octanol–water partition coefficient (Wildman–Crippen LogP) is 3.22. The maximum Gasteiger partial charge on any atom is 0.251 e. The van der Waals surface area contributed by atoms with Gasteiger partial charge in [0.1, 0.15) is 5.75 Å². The van der Waals surface area contributed by atoms with E-state index >= 15 is 0 Å². The first kappa shape index (κ1) is 18.2. The summed E-state index contributed by atoms with van der Waals surface area (Å²) in [6, 6.07) is 14.0. The molecule has 1 saturated heterocycles. The van der Waals surface area contributed by atoms with E-state index < -0.39 is 17.7 Å². The summed E-state index contributed by atoms with van der Waals surface area (Å²) < 4.78 is 5.96. The fourth-order valence-electron chi connectivity index (χ4n) is 2.39. The summed E-state index contributed by atoms with van der Waals surface area (Å²) in [4.78, 5) is 30.5. The number of nitrogens with one attached hydrogen (secondary N) is 1. The lowest BCUT2D eigenvalue weighted by Gasteiger charge is -2.30. The molecule has 1 aliphatic heterocycles. The quantitative estimate of drug-likeness (QED) is 0.458. The highest BCUT2D eigenvalue weighted by molar-refractivity contribution is 9.10. The fourth-order valence-corrected chi connectivity index (χ4v) is 2.95. The van der Waals surface area contributed by atoms with Crippen LogP contribution < -0.4 is 15.0 Å². The average molecular weight is 432 g/mol.